The molecular formula is C20H22ClFN4O2S. The highest BCUT2D eigenvalue weighted by atomic mass is 35.5. The summed E-state index contributed by atoms with van der Waals surface area (Å²) in [7, 11) is 1.86. The van der Waals surface area contributed by atoms with Crippen LogP contribution in [0.25, 0.3) is 0 Å². The van der Waals surface area contributed by atoms with E-state index in [9.17, 15) is 9.18 Å². The van der Waals surface area contributed by atoms with Gasteiger partial charge in [0, 0.05) is 26.1 Å². The van der Waals surface area contributed by atoms with Crippen LogP contribution in [0.1, 0.15) is 41.1 Å². The van der Waals surface area contributed by atoms with E-state index in [-0.39, 0.29) is 28.9 Å². The van der Waals surface area contributed by atoms with E-state index in [0.717, 1.165) is 36.2 Å². The molecule has 0 bridgehead atoms. The molecule has 154 valence electrons. The lowest BCUT2D eigenvalue weighted by molar-refractivity contribution is -0.0588. The molecule has 9 heteroatoms. The number of nitrogens with zero attached hydrogens (tertiary/aromatic N) is 3. The first kappa shape index (κ1) is 19.2. The SMILES string of the molecule is Cn1ncc(Cl)c1CC1c2cc(F)ccc2C(S)N1CC1CC2(CNC(=O)O2)C1. The van der Waals surface area contributed by atoms with Crippen molar-refractivity contribution in [3.8, 4) is 0 Å². The minimum Gasteiger partial charge on any atom is -0.441 e. The van der Waals surface area contributed by atoms with E-state index in [1.807, 2.05) is 13.1 Å². The largest absolute Gasteiger partial charge is 0.441 e. The molecule has 1 spiro atoms. The fourth-order valence-electron chi connectivity index (χ4n) is 5.05. The molecule has 5 rings (SSSR count). The Kier molecular flexibility index (Phi) is 4.56. The van der Waals surface area contributed by atoms with E-state index in [1.165, 1.54) is 6.07 Å². The first-order valence-electron chi connectivity index (χ1n) is 9.72. The molecular weight excluding hydrogens is 415 g/mol. The molecule has 2 atom stereocenters. The number of thiol groups is 1. The standard InChI is InChI=1S/C20H22ClFN4O2S/c1-25-17(15(21)8-24-25)5-16-14-4-12(22)2-3-13(14)18(29)26(16)9-11-6-20(7-11)10-23-19(27)28-20/h2-4,8,11,16,18,29H,5-7,9-10H2,1H3,(H,23,27). The maximum atomic E-state index is 14.1. The van der Waals surface area contributed by atoms with Crippen molar-refractivity contribution in [3.05, 3.63) is 52.1 Å². The Morgan fingerprint density at radius 3 is 2.86 bits per heavy atom. The summed E-state index contributed by atoms with van der Waals surface area (Å²) in [6, 6.07) is 4.88. The van der Waals surface area contributed by atoms with Crippen molar-refractivity contribution in [2.24, 2.45) is 13.0 Å². The molecule has 1 aliphatic carbocycles. The summed E-state index contributed by atoms with van der Waals surface area (Å²) in [6.45, 7) is 1.37. The summed E-state index contributed by atoms with van der Waals surface area (Å²) in [6.07, 6.45) is 3.58. The predicted octanol–water partition coefficient (Wildman–Crippen LogP) is 3.63. The van der Waals surface area contributed by atoms with Crippen LogP contribution in [0, 0.1) is 11.7 Å². The second-order valence-corrected chi connectivity index (χ2v) is 9.22. The smallest absolute Gasteiger partial charge is 0.407 e. The molecule has 2 fully saturated rings. The normalized spacial score (nSPS) is 30.9. The molecule has 3 aliphatic rings. The van der Waals surface area contributed by atoms with E-state index in [2.05, 4.69) is 15.3 Å². The number of amides is 1. The fourth-order valence-corrected chi connectivity index (χ4v) is 5.78. The van der Waals surface area contributed by atoms with Crippen molar-refractivity contribution in [2.45, 2.75) is 36.3 Å². The zero-order chi connectivity index (χ0) is 20.3. The van der Waals surface area contributed by atoms with E-state index in [0.29, 0.717) is 23.9 Å². The highest BCUT2D eigenvalue weighted by molar-refractivity contribution is 7.80. The average Bonchev–Trinajstić information content (AvgIpc) is 3.27. The number of nitrogens with one attached hydrogen (secondary N) is 1. The first-order valence-corrected chi connectivity index (χ1v) is 10.6. The number of alkyl carbamates (subject to hydrolysis) is 1. The van der Waals surface area contributed by atoms with Gasteiger partial charge in [-0.25, -0.2) is 9.18 Å². The van der Waals surface area contributed by atoms with Crippen molar-refractivity contribution in [3.63, 3.8) is 0 Å². The monoisotopic (exact) mass is 436 g/mol. The number of rotatable bonds is 4. The molecule has 1 aromatic heterocycles. The Hall–Kier alpha value is -1.77. The van der Waals surface area contributed by atoms with Crippen LogP contribution in [0.4, 0.5) is 9.18 Å². The van der Waals surface area contributed by atoms with E-state index < -0.39 is 0 Å². The van der Waals surface area contributed by atoms with Gasteiger partial charge in [-0.3, -0.25) is 9.58 Å². The molecule has 6 nitrogen and oxygen atoms in total. The Morgan fingerprint density at radius 2 is 2.21 bits per heavy atom. The first-order chi connectivity index (χ1) is 13.8. The van der Waals surface area contributed by atoms with Gasteiger partial charge in [0.1, 0.15) is 11.4 Å². The third-order valence-electron chi connectivity index (χ3n) is 6.45. The van der Waals surface area contributed by atoms with E-state index in [4.69, 9.17) is 29.0 Å². The molecule has 1 saturated carbocycles. The summed E-state index contributed by atoms with van der Waals surface area (Å²) in [5.74, 6) is 0.139. The van der Waals surface area contributed by atoms with Gasteiger partial charge >= 0.3 is 6.09 Å². The van der Waals surface area contributed by atoms with Crippen molar-refractivity contribution >= 4 is 30.3 Å². The second-order valence-electron chi connectivity index (χ2n) is 8.33. The van der Waals surface area contributed by atoms with Crippen molar-refractivity contribution in [1.82, 2.24) is 20.0 Å². The van der Waals surface area contributed by atoms with Crippen LogP contribution in [-0.2, 0) is 18.2 Å². The van der Waals surface area contributed by atoms with Crippen molar-refractivity contribution in [1.29, 1.82) is 0 Å². The summed E-state index contributed by atoms with van der Waals surface area (Å²) < 4.78 is 21.3. The second kappa shape index (κ2) is 6.89. The summed E-state index contributed by atoms with van der Waals surface area (Å²) in [4.78, 5) is 13.7. The molecule has 1 amide bonds. The quantitative estimate of drug-likeness (QED) is 0.718. The summed E-state index contributed by atoms with van der Waals surface area (Å²) >= 11 is 11.2. The van der Waals surface area contributed by atoms with Gasteiger partial charge in [-0.15, -0.1) is 0 Å². The summed E-state index contributed by atoms with van der Waals surface area (Å²) in [5.41, 5.74) is 2.54. The number of benzene rings is 1. The molecule has 1 saturated heterocycles. The molecule has 2 aliphatic heterocycles. The molecule has 1 N–H and O–H groups in total. The van der Waals surface area contributed by atoms with Gasteiger partial charge in [-0.05, 0) is 42.0 Å². The zero-order valence-electron chi connectivity index (χ0n) is 15.9. The van der Waals surface area contributed by atoms with Crippen molar-refractivity contribution < 1.29 is 13.9 Å². The van der Waals surface area contributed by atoms with Gasteiger partial charge in [0.15, 0.2) is 0 Å². The van der Waals surface area contributed by atoms with Crippen LogP contribution in [0.5, 0.6) is 0 Å². The molecule has 2 unspecified atom stereocenters. The molecule has 0 radical (unpaired) electrons. The van der Waals surface area contributed by atoms with Crippen LogP contribution >= 0.6 is 24.2 Å². The predicted molar refractivity (Wildman–Crippen MR) is 109 cm³/mol. The van der Waals surface area contributed by atoms with Gasteiger partial charge in [0.2, 0.25) is 0 Å². The van der Waals surface area contributed by atoms with E-state index in [1.54, 1.807) is 16.9 Å². The lowest BCUT2D eigenvalue weighted by Crippen LogP contribution is -2.50. The third-order valence-corrected chi connectivity index (χ3v) is 7.34. The number of carbonyl (C=O) groups excluding carboxylic acids is 1. The van der Waals surface area contributed by atoms with Crippen LogP contribution in [0.2, 0.25) is 5.02 Å². The van der Waals surface area contributed by atoms with E-state index >= 15 is 0 Å². The number of ether oxygens (including phenoxy) is 1. The molecule has 29 heavy (non-hydrogen) atoms. The average molecular weight is 437 g/mol. The fraction of sp³-hybridized carbons (Fsp3) is 0.500. The number of aryl methyl sites for hydroxylation is 1. The Bertz CT molecular complexity index is 958. The number of carbonyl (C=O) groups is 1. The maximum Gasteiger partial charge on any atom is 0.407 e. The van der Waals surface area contributed by atoms with Gasteiger partial charge in [-0.1, -0.05) is 17.7 Å². The minimum absolute atomic E-state index is 0.0445. The molecule has 2 aromatic rings. The van der Waals surface area contributed by atoms with Gasteiger partial charge in [0.25, 0.3) is 0 Å². The zero-order valence-corrected chi connectivity index (χ0v) is 17.6. The van der Waals surface area contributed by atoms with Gasteiger partial charge in [-0.2, -0.15) is 17.7 Å². The highest BCUT2D eigenvalue weighted by Gasteiger charge is 2.52. The minimum atomic E-state index is -0.354. The molecule has 1 aromatic carbocycles. The topological polar surface area (TPSA) is 59.4 Å². The Labute approximate surface area is 178 Å². The number of aromatic nitrogens is 2. The molecule has 3 heterocycles. The maximum absolute atomic E-state index is 14.1. The van der Waals surface area contributed by atoms with Crippen LogP contribution < -0.4 is 5.32 Å². The number of hydrogen-bond acceptors (Lipinski definition) is 5. The number of halogens is 2. The Morgan fingerprint density at radius 1 is 1.41 bits per heavy atom. The van der Waals surface area contributed by atoms with Crippen molar-refractivity contribution in [2.75, 3.05) is 13.1 Å². The van der Waals surface area contributed by atoms with Crippen LogP contribution in [-0.4, -0.2) is 39.5 Å². The van der Waals surface area contributed by atoms with Crippen LogP contribution in [0.15, 0.2) is 24.4 Å². The summed E-state index contributed by atoms with van der Waals surface area (Å²) in [5, 5.41) is 7.48. The number of hydrogen-bond donors (Lipinski definition) is 2. The number of fused-ring (bicyclic) bond motifs is 1. The Balaban J connectivity index is 1.40. The van der Waals surface area contributed by atoms with Crippen LogP contribution in [0.3, 0.4) is 0 Å². The lowest BCUT2D eigenvalue weighted by atomic mass is 9.70. The van der Waals surface area contributed by atoms with Gasteiger partial charge in [0.05, 0.1) is 28.8 Å². The highest BCUT2D eigenvalue weighted by Crippen LogP contribution is 2.50. The third kappa shape index (κ3) is 3.21. The lowest BCUT2D eigenvalue weighted by Gasteiger charge is -2.45. The van der Waals surface area contributed by atoms with Gasteiger partial charge < -0.3 is 10.1 Å².